The summed E-state index contributed by atoms with van der Waals surface area (Å²) in [5.74, 6) is 1.01. The number of benzene rings is 2. The largest absolute Gasteiger partial charge is 0.323 e. The van der Waals surface area contributed by atoms with Crippen molar-refractivity contribution >= 4 is 28.9 Å². The van der Waals surface area contributed by atoms with Crippen LogP contribution in [0.25, 0.3) is 11.0 Å². The van der Waals surface area contributed by atoms with Crippen LogP contribution in [0.5, 0.6) is 0 Å². The molecule has 0 N–H and O–H groups in total. The van der Waals surface area contributed by atoms with Crippen LogP contribution in [-0.4, -0.2) is 15.8 Å². The third kappa shape index (κ3) is 3.15. The molecule has 0 atom stereocenters. The van der Waals surface area contributed by atoms with Gasteiger partial charge >= 0.3 is 0 Å². The second-order valence-corrected chi connectivity index (χ2v) is 6.05. The van der Waals surface area contributed by atoms with Gasteiger partial charge in [0, 0.05) is 17.0 Å². The Hall–Kier alpha value is -2.13. The van der Waals surface area contributed by atoms with Gasteiger partial charge in [-0.05, 0) is 30.2 Å². The van der Waals surface area contributed by atoms with Crippen LogP contribution in [0.3, 0.4) is 0 Å². The molecule has 0 fully saturated rings. The van der Waals surface area contributed by atoms with E-state index in [0.29, 0.717) is 12.1 Å². The number of hydrogen-bond donors (Lipinski definition) is 0. The van der Waals surface area contributed by atoms with Crippen LogP contribution >= 0.6 is 11.6 Å². The number of nitrogens with zero attached hydrogens (tertiary/aromatic N) is 2. The number of fused-ring (bicyclic) bond motifs is 1. The summed E-state index contributed by atoms with van der Waals surface area (Å²) in [6.07, 6.45) is 3.97. The Morgan fingerprint density at radius 3 is 2.74 bits per heavy atom. The zero-order valence-electron chi connectivity index (χ0n) is 13.1. The Morgan fingerprint density at radius 1 is 1.17 bits per heavy atom. The lowest BCUT2D eigenvalue weighted by atomic mass is 10.1. The van der Waals surface area contributed by atoms with E-state index < -0.39 is 0 Å². The predicted octanol–water partition coefficient (Wildman–Crippen LogP) is 4.89. The average molecular weight is 327 g/mol. The highest BCUT2D eigenvalue weighted by molar-refractivity contribution is 6.31. The number of hydrogen-bond acceptors (Lipinski definition) is 2. The Balaban J connectivity index is 2.15. The molecule has 0 amide bonds. The van der Waals surface area contributed by atoms with Gasteiger partial charge in [-0.3, -0.25) is 4.79 Å². The minimum Gasteiger partial charge on any atom is -0.323 e. The van der Waals surface area contributed by atoms with Gasteiger partial charge in [-0.1, -0.05) is 49.2 Å². The first-order valence-electron chi connectivity index (χ1n) is 7.91. The maximum atomic E-state index is 11.4. The zero-order valence-corrected chi connectivity index (χ0v) is 13.9. The second kappa shape index (κ2) is 6.97. The molecule has 0 bridgehead atoms. The number of aromatic nitrogens is 2. The van der Waals surface area contributed by atoms with E-state index in [2.05, 4.69) is 11.5 Å². The fourth-order valence-electron chi connectivity index (χ4n) is 2.85. The van der Waals surface area contributed by atoms with E-state index in [1.807, 2.05) is 42.5 Å². The van der Waals surface area contributed by atoms with Crippen LogP contribution in [0.1, 0.15) is 41.5 Å². The SMILES string of the molecule is CCCCc1nc2cccc(C=O)c2n1Cc1ccccc1Cl. The quantitative estimate of drug-likeness (QED) is 0.604. The summed E-state index contributed by atoms with van der Waals surface area (Å²) in [6.45, 7) is 2.79. The molecule has 3 nitrogen and oxygen atoms in total. The van der Waals surface area contributed by atoms with Crippen molar-refractivity contribution in [3.63, 3.8) is 0 Å². The summed E-state index contributed by atoms with van der Waals surface area (Å²) in [6, 6.07) is 13.5. The summed E-state index contributed by atoms with van der Waals surface area (Å²) in [4.78, 5) is 16.2. The number of imidazole rings is 1. The Labute approximate surface area is 140 Å². The summed E-state index contributed by atoms with van der Waals surface area (Å²) >= 11 is 6.32. The summed E-state index contributed by atoms with van der Waals surface area (Å²) in [5.41, 5.74) is 3.47. The van der Waals surface area contributed by atoms with Crippen molar-refractivity contribution in [2.45, 2.75) is 32.7 Å². The molecule has 1 aromatic heterocycles. The van der Waals surface area contributed by atoms with E-state index in [1.54, 1.807) is 0 Å². The lowest BCUT2D eigenvalue weighted by Crippen LogP contribution is -2.07. The van der Waals surface area contributed by atoms with E-state index in [4.69, 9.17) is 16.6 Å². The third-order valence-electron chi connectivity index (χ3n) is 4.04. The Morgan fingerprint density at radius 2 is 2.00 bits per heavy atom. The predicted molar refractivity (Wildman–Crippen MR) is 94.3 cm³/mol. The maximum Gasteiger partial charge on any atom is 0.152 e. The van der Waals surface area contributed by atoms with E-state index in [0.717, 1.165) is 53.0 Å². The molecule has 0 spiro atoms. The number of aryl methyl sites for hydroxylation is 1. The third-order valence-corrected chi connectivity index (χ3v) is 4.41. The molecule has 0 aliphatic heterocycles. The zero-order chi connectivity index (χ0) is 16.2. The number of carbonyl (C=O) groups is 1. The molecule has 118 valence electrons. The molecule has 0 radical (unpaired) electrons. The fourth-order valence-corrected chi connectivity index (χ4v) is 3.05. The number of rotatable bonds is 6. The van der Waals surface area contributed by atoms with E-state index in [9.17, 15) is 4.79 Å². The molecule has 0 unspecified atom stereocenters. The van der Waals surface area contributed by atoms with Gasteiger partial charge < -0.3 is 4.57 Å². The first-order valence-corrected chi connectivity index (χ1v) is 8.29. The molecule has 0 aliphatic carbocycles. The minimum atomic E-state index is 0.625. The topological polar surface area (TPSA) is 34.9 Å². The highest BCUT2D eigenvalue weighted by Crippen LogP contribution is 2.24. The lowest BCUT2D eigenvalue weighted by molar-refractivity contribution is 0.112. The van der Waals surface area contributed by atoms with Crippen molar-refractivity contribution in [2.75, 3.05) is 0 Å². The first kappa shape index (κ1) is 15.8. The molecule has 4 heteroatoms. The summed E-state index contributed by atoms with van der Waals surface area (Å²) in [5, 5.41) is 0.736. The van der Waals surface area contributed by atoms with Crippen LogP contribution < -0.4 is 0 Å². The second-order valence-electron chi connectivity index (χ2n) is 5.64. The van der Waals surface area contributed by atoms with Crippen LogP contribution in [0.15, 0.2) is 42.5 Å². The lowest BCUT2D eigenvalue weighted by Gasteiger charge is -2.11. The molecule has 3 rings (SSSR count). The summed E-state index contributed by atoms with van der Waals surface area (Å²) < 4.78 is 2.13. The van der Waals surface area contributed by atoms with E-state index in [-0.39, 0.29) is 0 Å². The number of carbonyl (C=O) groups excluding carboxylic acids is 1. The van der Waals surface area contributed by atoms with Gasteiger partial charge in [-0.25, -0.2) is 4.98 Å². The smallest absolute Gasteiger partial charge is 0.152 e. The molecule has 3 aromatic rings. The van der Waals surface area contributed by atoms with Crippen LogP contribution in [0.4, 0.5) is 0 Å². The molecule has 0 aliphatic rings. The number of aldehydes is 1. The average Bonchev–Trinajstić information content (AvgIpc) is 2.92. The van der Waals surface area contributed by atoms with Gasteiger partial charge in [-0.15, -0.1) is 0 Å². The van der Waals surface area contributed by atoms with Crippen LogP contribution in [0, 0.1) is 0 Å². The van der Waals surface area contributed by atoms with Crippen molar-refractivity contribution in [3.8, 4) is 0 Å². The maximum absolute atomic E-state index is 11.4. The van der Waals surface area contributed by atoms with Crippen LogP contribution in [0.2, 0.25) is 5.02 Å². The van der Waals surface area contributed by atoms with E-state index >= 15 is 0 Å². The molecule has 2 aromatic carbocycles. The number of para-hydroxylation sites is 1. The molecule has 0 saturated heterocycles. The van der Waals surface area contributed by atoms with Gasteiger partial charge in [0.25, 0.3) is 0 Å². The minimum absolute atomic E-state index is 0.625. The highest BCUT2D eigenvalue weighted by atomic mass is 35.5. The number of unbranched alkanes of at least 4 members (excludes halogenated alkanes) is 1. The van der Waals surface area contributed by atoms with Crippen molar-refractivity contribution in [1.29, 1.82) is 0 Å². The van der Waals surface area contributed by atoms with Gasteiger partial charge in [0.2, 0.25) is 0 Å². The van der Waals surface area contributed by atoms with Crippen molar-refractivity contribution in [1.82, 2.24) is 9.55 Å². The van der Waals surface area contributed by atoms with Crippen LogP contribution in [-0.2, 0) is 13.0 Å². The molecular weight excluding hydrogens is 308 g/mol. The fraction of sp³-hybridized carbons (Fsp3) is 0.263. The molecule has 0 saturated carbocycles. The van der Waals surface area contributed by atoms with E-state index in [1.165, 1.54) is 0 Å². The van der Waals surface area contributed by atoms with Gasteiger partial charge in [0.1, 0.15) is 5.82 Å². The normalized spacial score (nSPS) is 11.0. The summed E-state index contributed by atoms with van der Waals surface area (Å²) in [7, 11) is 0. The van der Waals surface area contributed by atoms with Gasteiger partial charge in [-0.2, -0.15) is 0 Å². The highest BCUT2D eigenvalue weighted by Gasteiger charge is 2.14. The standard InChI is InChI=1S/C19H19ClN2O/c1-2-3-11-18-21-17-10-6-8-15(13-23)19(17)22(18)12-14-7-4-5-9-16(14)20/h4-10,13H,2-3,11-12H2,1H3. The molecular formula is C19H19ClN2O. The van der Waals surface area contributed by atoms with Gasteiger partial charge in [0.05, 0.1) is 17.6 Å². The molecule has 1 heterocycles. The Bertz CT molecular complexity index is 839. The monoisotopic (exact) mass is 326 g/mol. The number of halogens is 1. The Kier molecular flexibility index (Phi) is 4.77. The first-order chi connectivity index (χ1) is 11.2. The van der Waals surface area contributed by atoms with Crippen molar-refractivity contribution < 1.29 is 4.79 Å². The van der Waals surface area contributed by atoms with Crippen molar-refractivity contribution in [3.05, 3.63) is 64.4 Å². The van der Waals surface area contributed by atoms with Gasteiger partial charge in [0.15, 0.2) is 6.29 Å². The van der Waals surface area contributed by atoms with Crippen molar-refractivity contribution in [2.24, 2.45) is 0 Å². The molecule has 23 heavy (non-hydrogen) atoms.